The Balaban J connectivity index is 1.45. The molecule has 0 saturated carbocycles. The van der Waals surface area contributed by atoms with E-state index in [-0.39, 0.29) is 17.9 Å². The summed E-state index contributed by atoms with van der Waals surface area (Å²) in [7, 11) is 1.61. The van der Waals surface area contributed by atoms with Gasteiger partial charge in [-0.05, 0) is 37.5 Å². The van der Waals surface area contributed by atoms with Gasteiger partial charge in [-0.15, -0.1) is 0 Å². The lowest BCUT2D eigenvalue weighted by atomic mass is 10.0. The summed E-state index contributed by atoms with van der Waals surface area (Å²) in [6.45, 7) is 2.95. The van der Waals surface area contributed by atoms with Gasteiger partial charge >= 0.3 is 0 Å². The molecule has 1 saturated heterocycles. The molecule has 2 amide bonds. The Kier molecular flexibility index (Phi) is 5.55. The molecule has 7 heteroatoms. The first-order valence-corrected chi connectivity index (χ1v) is 8.70. The second-order valence-corrected chi connectivity index (χ2v) is 6.48. The monoisotopic (exact) mass is 357 g/mol. The first kappa shape index (κ1) is 18.0. The fraction of sp³-hybridized carbons (Fsp3) is 0.421. The Bertz CT molecular complexity index is 761. The van der Waals surface area contributed by atoms with Crippen molar-refractivity contribution in [3.63, 3.8) is 0 Å². The number of aryl methyl sites for hydroxylation is 1. The highest BCUT2D eigenvalue weighted by Gasteiger charge is 2.26. The summed E-state index contributed by atoms with van der Waals surface area (Å²) in [5.74, 6) is 1.26. The van der Waals surface area contributed by atoms with Crippen LogP contribution in [0.3, 0.4) is 0 Å². The molecule has 0 radical (unpaired) electrons. The minimum atomic E-state index is -0.121. The van der Waals surface area contributed by atoms with Crippen molar-refractivity contribution in [3.8, 4) is 5.75 Å². The molecule has 3 rings (SSSR count). The molecule has 1 aromatic carbocycles. The van der Waals surface area contributed by atoms with Crippen molar-refractivity contribution < 1.29 is 18.8 Å². The number of aromatic nitrogens is 1. The molecule has 2 heterocycles. The van der Waals surface area contributed by atoms with Gasteiger partial charge in [-0.1, -0.05) is 17.3 Å². The van der Waals surface area contributed by atoms with E-state index in [9.17, 15) is 9.59 Å². The topological polar surface area (TPSA) is 84.7 Å². The molecule has 0 spiro atoms. The van der Waals surface area contributed by atoms with Crippen LogP contribution in [0.5, 0.6) is 5.75 Å². The van der Waals surface area contributed by atoms with Crippen LogP contribution in [-0.2, 0) is 11.2 Å². The molecule has 2 aromatic rings. The number of hydrogen-bond donors (Lipinski definition) is 1. The Hall–Kier alpha value is -2.83. The molecule has 138 valence electrons. The first-order valence-electron chi connectivity index (χ1n) is 8.70. The van der Waals surface area contributed by atoms with Crippen LogP contribution in [-0.4, -0.2) is 48.1 Å². The predicted octanol–water partition coefficient (Wildman–Crippen LogP) is 1.96. The molecule has 1 aromatic heterocycles. The van der Waals surface area contributed by atoms with E-state index in [2.05, 4.69) is 10.5 Å². The summed E-state index contributed by atoms with van der Waals surface area (Å²) in [6, 6.07) is 9.20. The van der Waals surface area contributed by atoms with Crippen molar-refractivity contribution >= 4 is 11.8 Å². The summed E-state index contributed by atoms with van der Waals surface area (Å²) < 4.78 is 10.1. The van der Waals surface area contributed by atoms with Gasteiger partial charge in [0.1, 0.15) is 11.5 Å². The smallest absolute Gasteiger partial charge is 0.276 e. The molecular weight excluding hydrogens is 334 g/mol. The van der Waals surface area contributed by atoms with Crippen LogP contribution in [0.1, 0.15) is 34.7 Å². The lowest BCUT2D eigenvalue weighted by Crippen LogP contribution is -2.47. The Labute approximate surface area is 152 Å². The lowest BCUT2D eigenvalue weighted by Gasteiger charge is -2.31. The quantitative estimate of drug-likeness (QED) is 0.884. The number of ether oxygens (including phenoxy) is 1. The highest BCUT2D eigenvalue weighted by molar-refractivity contribution is 5.92. The van der Waals surface area contributed by atoms with Crippen LogP contribution in [0.4, 0.5) is 0 Å². The molecule has 0 bridgehead atoms. The molecular formula is C19H23N3O4. The number of nitrogens with one attached hydrogen (secondary N) is 1. The standard InChI is InChI=1S/C19H23N3O4/c1-13-11-17(21-26-13)19(24)22-9-7-15(8-10-22)20-18(23)12-14-3-5-16(25-2)6-4-14/h3-6,11,15H,7-10,12H2,1-2H3,(H,20,23). The van der Waals surface area contributed by atoms with Gasteiger partial charge in [0.25, 0.3) is 5.91 Å². The van der Waals surface area contributed by atoms with Crippen LogP contribution >= 0.6 is 0 Å². The molecule has 0 unspecified atom stereocenters. The summed E-state index contributed by atoms with van der Waals surface area (Å²) in [4.78, 5) is 26.3. The molecule has 1 fully saturated rings. The maximum absolute atomic E-state index is 12.3. The third-order valence-corrected chi connectivity index (χ3v) is 4.52. The van der Waals surface area contributed by atoms with Gasteiger partial charge < -0.3 is 19.5 Å². The van der Waals surface area contributed by atoms with Crippen molar-refractivity contribution in [2.45, 2.75) is 32.2 Å². The number of likely N-dealkylation sites (tertiary alicyclic amines) is 1. The van der Waals surface area contributed by atoms with Crippen molar-refractivity contribution in [1.82, 2.24) is 15.4 Å². The van der Waals surface area contributed by atoms with Crippen LogP contribution in [0.15, 0.2) is 34.9 Å². The number of rotatable bonds is 5. The molecule has 7 nitrogen and oxygen atoms in total. The van der Waals surface area contributed by atoms with Crippen molar-refractivity contribution in [2.75, 3.05) is 20.2 Å². The molecule has 0 atom stereocenters. The summed E-state index contributed by atoms with van der Waals surface area (Å²) in [5, 5.41) is 6.83. The van der Waals surface area contributed by atoms with Gasteiger partial charge in [-0.3, -0.25) is 9.59 Å². The van der Waals surface area contributed by atoms with Crippen LogP contribution in [0, 0.1) is 6.92 Å². The maximum atomic E-state index is 12.3. The zero-order valence-corrected chi connectivity index (χ0v) is 15.0. The van der Waals surface area contributed by atoms with Gasteiger partial charge in [-0.25, -0.2) is 0 Å². The second kappa shape index (κ2) is 8.03. The van der Waals surface area contributed by atoms with E-state index in [1.165, 1.54) is 0 Å². The predicted molar refractivity (Wildman–Crippen MR) is 95.0 cm³/mol. The number of piperidine rings is 1. The largest absolute Gasteiger partial charge is 0.497 e. The highest BCUT2D eigenvalue weighted by atomic mass is 16.5. The molecule has 1 N–H and O–H groups in total. The van der Waals surface area contributed by atoms with Crippen LogP contribution in [0.25, 0.3) is 0 Å². The summed E-state index contributed by atoms with van der Waals surface area (Å²) in [6.07, 6.45) is 1.80. The van der Waals surface area contributed by atoms with Crippen molar-refractivity contribution in [2.24, 2.45) is 0 Å². The Morgan fingerprint density at radius 3 is 2.54 bits per heavy atom. The lowest BCUT2D eigenvalue weighted by molar-refractivity contribution is -0.121. The van der Waals surface area contributed by atoms with E-state index in [0.717, 1.165) is 24.2 Å². The fourth-order valence-corrected chi connectivity index (χ4v) is 3.06. The zero-order chi connectivity index (χ0) is 18.5. The number of nitrogens with zero attached hydrogens (tertiary/aromatic N) is 2. The van der Waals surface area contributed by atoms with E-state index in [1.807, 2.05) is 24.3 Å². The fourth-order valence-electron chi connectivity index (χ4n) is 3.06. The molecule has 26 heavy (non-hydrogen) atoms. The molecule has 0 aliphatic carbocycles. The molecule has 1 aliphatic rings. The van der Waals surface area contributed by atoms with E-state index in [4.69, 9.17) is 9.26 Å². The van der Waals surface area contributed by atoms with E-state index in [0.29, 0.717) is 31.0 Å². The minimum Gasteiger partial charge on any atom is -0.497 e. The normalized spacial score (nSPS) is 14.9. The van der Waals surface area contributed by atoms with Gasteiger partial charge in [-0.2, -0.15) is 0 Å². The number of methoxy groups -OCH3 is 1. The number of carbonyl (C=O) groups excluding carboxylic acids is 2. The Morgan fingerprint density at radius 2 is 1.96 bits per heavy atom. The average Bonchev–Trinajstić information content (AvgIpc) is 3.09. The van der Waals surface area contributed by atoms with Gasteiger partial charge in [0.05, 0.1) is 13.5 Å². The van der Waals surface area contributed by atoms with Crippen molar-refractivity contribution in [3.05, 3.63) is 47.3 Å². The third kappa shape index (κ3) is 4.41. The van der Waals surface area contributed by atoms with Gasteiger partial charge in [0.15, 0.2) is 5.69 Å². The number of hydrogen-bond acceptors (Lipinski definition) is 5. The highest BCUT2D eigenvalue weighted by Crippen LogP contribution is 2.15. The molecule has 1 aliphatic heterocycles. The summed E-state index contributed by atoms with van der Waals surface area (Å²) in [5.41, 5.74) is 1.28. The zero-order valence-electron chi connectivity index (χ0n) is 15.0. The van der Waals surface area contributed by atoms with Crippen LogP contribution in [0.2, 0.25) is 0 Å². The number of carbonyl (C=O) groups is 2. The van der Waals surface area contributed by atoms with Crippen molar-refractivity contribution in [1.29, 1.82) is 0 Å². The number of amides is 2. The third-order valence-electron chi connectivity index (χ3n) is 4.52. The first-order chi connectivity index (χ1) is 12.5. The van der Waals surface area contributed by atoms with Crippen LogP contribution < -0.4 is 10.1 Å². The van der Waals surface area contributed by atoms with Gasteiger partial charge in [0, 0.05) is 25.2 Å². The average molecular weight is 357 g/mol. The van der Waals surface area contributed by atoms with Gasteiger partial charge in [0.2, 0.25) is 5.91 Å². The summed E-state index contributed by atoms with van der Waals surface area (Å²) >= 11 is 0. The minimum absolute atomic E-state index is 0.00734. The van der Waals surface area contributed by atoms with E-state index >= 15 is 0 Å². The number of benzene rings is 1. The SMILES string of the molecule is COc1ccc(CC(=O)NC2CCN(C(=O)c3cc(C)on3)CC2)cc1. The van der Waals surface area contributed by atoms with E-state index in [1.54, 1.807) is 25.0 Å². The second-order valence-electron chi connectivity index (χ2n) is 6.48. The Morgan fingerprint density at radius 1 is 1.27 bits per heavy atom. The maximum Gasteiger partial charge on any atom is 0.276 e. The van der Waals surface area contributed by atoms with E-state index < -0.39 is 0 Å².